The second-order valence-corrected chi connectivity index (χ2v) is 5.63. The van der Waals surface area contributed by atoms with Gasteiger partial charge in [0.1, 0.15) is 10.7 Å². The van der Waals surface area contributed by atoms with E-state index in [4.69, 9.17) is 5.11 Å². The molecule has 1 aromatic heterocycles. The summed E-state index contributed by atoms with van der Waals surface area (Å²) < 4.78 is 37.6. The number of carboxylic acids is 1. The second-order valence-electron chi connectivity index (χ2n) is 3.70. The SMILES string of the molecule is O=C(O)C1CN(S(=O)(=O)c2cncc(F)c2)C1. The first-order chi connectivity index (χ1) is 7.91. The highest BCUT2D eigenvalue weighted by Gasteiger charge is 2.40. The average molecular weight is 260 g/mol. The van der Waals surface area contributed by atoms with Crippen LogP contribution in [-0.2, 0) is 14.8 Å². The topological polar surface area (TPSA) is 87.6 Å². The Labute approximate surface area is 96.7 Å². The van der Waals surface area contributed by atoms with Crippen molar-refractivity contribution in [3.8, 4) is 0 Å². The van der Waals surface area contributed by atoms with Crippen molar-refractivity contribution >= 4 is 16.0 Å². The van der Waals surface area contributed by atoms with Gasteiger partial charge >= 0.3 is 5.97 Å². The van der Waals surface area contributed by atoms with Crippen LogP contribution >= 0.6 is 0 Å². The predicted octanol–water partition coefficient (Wildman–Crippen LogP) is -0.0742. The van der Waals surface area contributed by atoms with Crippen LogP contribution in [0.3, 0.4) is 0 Å². The van der Waals surface area contributed by atoms with E-state index in [0.29, 0.717) is 0 Å². The Balaban J connectivity index is 2.19. The molecule has 8 heteroatoms. The molecule has 0 spiro atoms. The highest BCUT2D eigenvalue weighted by atomic mass is 32.2. The number of carbonyl (C=O) groups is 1. The van der Waals surface area contributed by atoms with Crippen LogP contribution in [-0.4, -0.2) is 41.9 Å². The maximum Gasteiger partial charge on any atom is 0.309 e. The highest BCUT2D eigenvalue weighted by Crippen LogP contribution is 2.24. The molecule has 1 aliphatic heterocycles. The molecule has 1 aromatic rings. The van der Waals surface area contributed by atoms with Crippen LogP contribution in [0.4, 0.5) is 4.39 Å². The Morgan fingerprint density at radius 1 is 1.47 bits per heavy atom. The molecule has 0 atom stereocenters. The molecule has 1 aliphatic rings. The molecule has 6 nitrogen and oxygen atoms in total. The molecule has 0 aliphatic carbocycles. The Bertz CT molecular complexity index is 554. The lowest BCUT2D eigenvalue weighted by Crippen LogP contribution is -2.52. The number of aliphatic carboxylic acids is 1. The number of pyridine rings is 1. The van der Waals surface area contributed by atoms with Gasteiger partial charge < -0.3 is 5.11 Å². The lowest BCUT2D eigenvalue weighted by Gasteiger charge is -2.35. The van der Waals surface area contributed by atoms with E-state index in [1.54, 1.807) is 0 Å². The van der Waals surface area contributed by atoms with Crippen LogP contribution in [0, 0.1) is 11.7 Å². The minimum absolute atomic E-state index is 0.0891. The lowest BCUT2D eigenvalue weighted by molar-refractivity contribution is -0.145. The van der Waals surface area contributed by atoms with E-state index in [1.165, 1.54) is 0 Å². The van der Waals surface area contributed by atoms with Gasteiger partial charge in [-0.3, -0.25) is 9.78 Å². The standard InChI is InChI=1S/C9H9FN2O4S/c10-7-1-8(3-11-2-7)17(15,16)12-4-6(5-12)9(13)14/h1-3,6H,4-5H2,(H,13,14). The van der Waals surface area contributed by atoms with E-state index in [2.05, 4.69) is 4.98 Å². The molecule has 1 N–H and O–H groups in total. The molecule has 0 radical (unpaired) electrons. The molecule has 0 saturated carbocycles. The Morgan fingerprint density at radius 2 is 2.12 bits per heavy atom. The molecule has 1 fully saturated rings. The molecule has 0 unspecified atom stereocenters. The number of carboxylic acid groups (broad SMARTS) is 1. The van der Waals surface area contributed by atoms with E-state index in [1.807, 2.05) is 0 Å². The van der Waals surface area contributed by atoms with Crippen molar-refractivity contribution in [3.05, 3.63) is 24.3 Å². The number of hydrogen-bond donors (Lipinski definition) is 1. The van der Waals surface area contributed by atoms with Crippen molar-refractivity contribution in [2.24, 2.45) is 5.92 Å². The molecule has 0 bridgehead atoms. The van der Waals surface area contributed by atoms with Crippen LogP contribution in [0.15, 0.2) is 23.4 Å². The van der Waals surface area contributed by atoms with Crippen LogP contribution in [0.25, 0.3) is 0 Å². The van der Waals surface area contributed by atoms with E-state index in [9.17, 15) is 17.6 Å². The van der Waals surface area contributed by atoms with Crippen molar-refractivity contribution < 1.29 is 22.7 Å². The fraction of sp³-hybridized carbons (Fsp3) is 0.333. The predicted molar refractivity (Wildman–Crippen MR) is 54.1 cm³/mol. The third kappa shape index (κ3) is 2.13. The number of nitrogens with zero attached hydrogens (tertiary/aromatic N) is 2. The van der Waals surface area contributed by atoms with Gasteiger partial charge in [0.25, 0.3) is 0 Å². The third-order valence-electron chi connectivity index (χ3n) is 2.51. The van der Waals surface area contributed by atoms with Gasteiger partial charge in [-0.05, 0) is 6.07 Å². The number of sulfonamides is 1. The van der Waals surface area contributed by atoms with E-state index in [-0.39, 0.29) is 18.0 Å². The van der Waals surface area contributed by atoms with Gasteiger partial charge in [0.05, 0.1) is 12.1 Å². The molecular weight excluding hydrogens is 251 g/mol. The van der Waals surface area contributed by atoms with Gasteiger partial charge in [-0.25, -0.2) is 12.8 Å². The average Bonchev–Trinajstić information content (AvgIpc) is 2.13. The van der Waals surface area contributed by atoms with Gasteiger partial charge in [-0.15, -0.1) is 0 Å². The minimum atomic E-state index is -3.82. The fourth-order valence-corrected chi connectivity index (χ4v) is 2.98. The summed E-state index contributed by atoms with van der Waals surface area (Å²) in [5.41, 5.74) is 0. The first-order valence-corrected chi connectivity index (χ1v) is 6.19. The Morgan fingerprint density at radius 3 is 2.65 bits per heavy atom. The third-order valence-corrected chi connectivity index (χ3v) is 4.31. The molecule has 92 valence electrons. The van der Waals surface area contributed by atoms with Gasteiger partial charge in [0.15, 0.2) is 0 Å². The van der Waals surface area contributed by atoms with Crippen LogP contribution in [0.1, 0.15) is 0 Å². The summed E-state index contributed by atoms with van der Waals surface area (Å²) in [7, 11) is -3.82. The number of halogens is 1. The number of aromatic nitrogens is 1. The van der Waals surface area contributed by atoms with Crippen LogP contribution in [0.5, 0.6) is 0 Å². The summed E-state index contributed by atoms with van der Waals surface area (Å²) in [5.74, 6) is -2.47. The summed E-state index contributed by atoms with van der Waals surface area (Å²) in [6, 6.07) is 0.858. The maximum atomic E-state index is 12.8. The van der Waals surface area contributed by atoms with Crippen LogP contribution in [0.2, 0.25) is 0 Å². The summed E-state index contributed by atoms with van der Waals surface area (Å²) in [6.45, 7) is -0.178. The normalized spacial score (nSPS) is 17.7. The van der Waals surface area contributed by atoms with Gasteiger partial charge in [0.2, 0.25) is 10.0 Å². The fourth-order valence-electron chi connectivity index (χ4n) is 1.47. The molecule has 2 heterocycles. The number of rotatable bonds is 3. The van der Waals surface area contributed by atoms with Crippen molar-refractivity contribution in [2.45, 2.75) is 4.90 Å². The zero-order valence-electron chi connectivity index (χ0n) is 8.58. The maximum absolute atomic E-state index is 12.8. The lowest BCUT2D eigenvalue weighted by atomic mass is 10.0. The largest absolute Gasteiger partial charge is 0.481 e. The highest BCUT2D eigenvalue weighted by molar-refractivity contribution is 7.89. The Kier molecular flexibility index (Phi) is 2.84. The molecule has 0 amide bonds. The van der Waals surface area contributed by atoms with E-state index >= 15 is 0 Å². The molecule has 0 aromatic carbocycles. The monoisotopic (exact) mass is 260 g/mol. The van der Waals surface area contributed by atoms with Crippen LogP contribution < -0.4 is 0 Å². The molecular formula is C9H9FN2O4S. The molecule has 1 saturated heterocycles. The van der Waals surface area contributed by atoms with E-state index in [0.717, 1.165) is 22.8 Å². The zero-order valence-corrected chi connectivity index (χ0v) is 9.39. The summed E-state index contributed by atoms with van der Waals surface area (Å²) >= 11 is 0. The van der Waals surface area contributed by atoms with Gasteiger partial charge in [0, 0.05) is 19.3 Å². The first kappa shape index (κ1) is 11.9. The van der Waals surface area contributed by atoms with E-state index < -0.39 is 27.7 Å². The Hall–Kier alpha value is -1.54. The number of hydrogen-bond acceptors (Lipinski definition) is 4. The van der Waals surface area contributed by atoms with Crippen molar-refractivity contribution in [1.29, 1.82) is 0 Å². The smallest absolute Gasteiger partial charge is 0.309 e. The minimum Gasteiger partial charge on any atom is -0.481 e. The van der Waals surface area contributed by atoms with Crippen molar-refractivity contribution in [2.75, 3.05) is 13.1 Å². The quantitative estimate of drug-likeness (QED) is 0.821. The summed E-state index contributed by atoms with van der Waals surface area (Å²) in [5, 5.41) is 8.64. The second kappa shape index (κ2) is 4.04. The molecule has 17 heavy (non-hydrogen) atoms. The summed E-state index contributed by atoms with van der Waals surface area (Å²) in [4.78, 5) is 13.7. The van der Waals surface area contributed by atoms with Crippen molar-refractivity contribution in [3.63, 3.8) is 0 Å². The van der Waals surface area contributed by atoms with Crippen molar-refractivity contribution in [1.82, 2.24) is 9.29 Å². The van der Waals surface area contributed by atoms with Gasteiger partial charge in [-0.2, -0.15) is 4.31 Å². The van der Waals surface area contributed by atoms with Gasteiger partial charge in [-0.1, -0.05) is 0 Å². The first-order valence-electron chi connectivity index (χ1n) is 4.75. The molecule has 2 rings (SSSR count). The summed E-state index contributed by atoms with van der Waals surface area (Å²) in [6.07, 6.45) is 1.93. The zero-order chi connectivity index (χ0) is 12.6.